The number of halogens is 2. The van der Waals surface area contributed by atoms with Crippen molar-refractivity contribution in [3.8, 4) is 22.8 Å². The van der Waals surface area contributed by atoms with Gasteiger partial charge in [0.05, 0.1) is 18.3 Å². The van der Waals surface area contributed by atoms with Gasteiger partial charge in [0.2, 0.25) is 5.88 Å². The maximum absolute atomic E-state index is 15.1. The van der Waals surface area contributed by atoms with Crippen LogP contribution in [0.3, 0.4) is 0 Å². The number of aliphatic hydroxyl groups excluding tert-OH is 1. The molecule has 0 bridgehead atoms. The fourth-order valence-corrected chi connectivity index (χ4v) is 6.92. The van der Waals surface area contributed by atoms with Crippen LogP contribution in [0, 0.1) is 43.2 Å². The maximum atomic E-state index is 15.1. The minimum atomic E-state index is -1.12. The van der Waals surface area contributed by atoms with Gasteiger partial charge in [-0.25, -0.2) is 13.8 Å². The highest BCUT2D eigenvalue weighted by molar-refractivity contribution is 5.73. The van der Waals surface area contributed by atoms with E-state index in [2.05, 4.69) is 4.98 Å². The van der Waals surface area contributed by atoms with Crippen LogP contribution < -0.4 is 9.47 Å². The molecule has 0 unspecified atom stereocenters. The lowest BCUT2D eigenvalue weighted by Gasteiger charge is -2.43. The van der Waals surface area contributed by atoms with Crippen molar-refractivity contribution in [1.82, 2.24) is 4.98 Å². The van der Waals surface area contributed by atoms with Crippen LogP contribution in [0.4, 0.5) is 8.78 Å². The quantitative estimate of drug-likeness (QED) is 0.292. The number of aliphatic hydroxyl groups is 2. The van der Waals surface area contributed by atoms with Crippen molar-refractivity contribution in [2.45, 2.75) is 70.7 Å². The molecule has 3 N–H and O–H groups in total. The van der Waals surface area contributed by atoms with Crippen LogP contribution in [0.5, 0.6) is 11.6 Å². The van der Waals surface area contributed by atoms with E-state index in [4.69, 9.17) is 14.6 Å². The highest BCUT2D eigenvalue weighted by Gasteiger charge is 2.56. The van der Waals surface area contributed by atoms with Gasteiger partial charge in [0.1, 0.15) is 24.0 Å². The molecule has 2 saturated carbocycles. The van der Waals surface area contributed by atoms with Crippen LogP contribution in [0.25, 0.3) is 11.1 Å². The average Bonchev–Trinajstić information content (AvgIpc) is 3.39. The molecule has 1 aromatic heterocycles. The zero-order valence-electron chi connectivity index (χ0n) is 23.9. The van der Waals surface area contributed by atoms with Gasteiger partial charge in [-0.05, 0) is 110 Å². The molecule has 0 aliphatic heterocycles. The Hall–Kier alpha value is -3.56. The third-order valence-corrected chi connectivity index (χ3v) is 9.44. The number of fused-ring (bicyclic) bond motifs is 3. The Morgan fingerprint density at radius 1 is 1.10 bits per heavy atom. The van der Waals surface area contributed by atoms with Gasteiger partial charge in [-0.2, -0.15) is 0 Å². The van der Waals surface area contributed by atoms with Gasteiger partial charge in [-0.15, -0.1) is 0 Å². The molecular weight excluding hydrogens is 544 g/mol. The number of aliphatic carboxylic acids is 1. The van der Waals surface area contributed by atoms with E-state index in [1.54, 1.807) is 13.1 Å². The number of carboxylic acids is 1. The first-order valence-electron chi connectivity index (χ1n) is 14.4. The Morgan fingerprint density at radius 2 is 1.81 bits per heavy atom. The summed E-state index contributed by atoms with van der Waals surface area (Å²) < 4.78 is 41.9. The van der Waals surface area contributed by atoms with Crippen LogP contribution in [0.15, 0.2) is 36.5 Å². The Bertz CT molecular complexity index is 1530. The fraction of sp³-hybridized carbons (Fsp3) is 0.455. The molecule has 3 aliphatic carbocycles. The van der Waals surface area contributed by atoms with E-state index in [1.807, 2.05) is 32.0 Å². The molecule has 3 aromatic rings. The molecular formula is C33H35F2NO6. The zero-order valence-corrected chi connectivity index (χ0v) is 23.9. The highest BCUT2D eigenvalue weighted by Crippen LogP contribution is 2.62. The van der Waals surface area contributed by atoms with E-state index in [9.17, 15) is 19.4 Å². The minimum Gasteiger partial charge on any atom is -0.490 e. The van der Waals surface area contributed by atoms with E-state index in [0.717, 1.165) is 34.7 Å². The predicted octanol–water partition coefficient (Wildman–Crippen LogP) is 5.48. The normalized spacial score (nSPS) is 25.2. The van der Waals surface area contributed by atoms with Gasteiger partial charge in [0.25, 0.3) is 0 Å². The molecule has 42 heavy (non-hydrogen) atoms. The summed E-state index contributed by atoms with van der Waals surface area (Å²) in [5, 5.41) is 28.7. The summed E-state index contributed by atoms with van der Waals surface area (Å²) in [6.07, 6.45) is 3.88. The van der Waals surface area contributed by atoms with Crippen LogP contribution >= 0.6 is 0 Å². The molecule has 0 radical (unpaired) electrons. The van der Waals surface area contributed by atoms with Crippen LogP contribution in [-0.2, 0) is 17.8 Å². The molecule has 6 rings (SSSR count). The van der Waals surface area contributed by atoms with Crippen molar-refractivity contribution in [2.75, 3.05) is 6.61 Å². The highest BCUT2D eigenvalue weighted by atomic mass is 19.1. The van der Waals surface area contributed by atoms with Crippen LogP contribution in [0.2, 0.25) is 0 Å². The number of nitrogens with zero attached hydrogens (tertiary/aromatic N) is 1. The third kappa shape index (κ3) is 5.24. The molecule has 0 spiro atoms. The Labute approximate surface area is 243 Å². The summed E-state index contributed by atoms with van der Waals surface area (Å²) in [5.74, 6) is -0.451. The monoisotopic (exact) mass is 579 g/mol. The largest absolute Gasteiger partial charge is 0.490 e. The smallest absolute Gasteiger partial charge is 0.303 e. The zero-order chi connectivity index (χ0) is 29.9. The Kier molecular flexibility index (Phi) is 7.22. The molecule has 7 nitrogen and oxygen atoms in total. The number of rotatable bonds is 10. The van der Waals surface area contributed by atoms with Gasteiger partial charge >= 0.3 is 5.97 Å². The van der Waals surface area contributed by atoms with E-state index >= 15 is 4.39 Å². The molecule has 2 fully saturated rings. The number of carbonyl (C=O) groups is 1. The minimum absolute atomic E-state index is 0.0308. The first-order chi connectivity index (χ1) is 19.9. The first-order valence-corrected chi connectivity index (χ1v) is 14.4. The number of ether oxygens (including phenoxy) is 2. The lowest BCUT2D eigenvalue weighted by molar-refractivity contribution is -0.137. The molecule has 222 valence electrons. The van der Waals surface area contributed by atoms with Crippen molar-refractivity contribution in [3.63, 3.8) is 0 Å². The van der Waals surface area contributed by atoms with Crippen molar-refractivity contribution in [3.05, 3.63) is 76.0 Å². The summed E-state index contributed by atoms with van der Waals surface area (Å²) in [7, 11) is 0. The fourth-order valence-electron chi connectivity index (χ4n) is 6.92. The lowest BCUT2D eigenvalue weighted by Crippen LogP contribution is -2.49. The number of pyridine rings is 1. The Morgan fingerprint density at radius 3 is 2.48 bits per heavy atom. The molecule has 0 amide bonds. The van der Waals surface area contributed by atoms with Crippen LogP contribution in [-0.4, -0.2) is 44.6 Å². The van der Waals surface area contributed by atoms with Gasteiger partial charge in [0, 0.05) is 35.9 Å². The standard InChI is InChI=1S/C33H35F2NO6/c1-16-4-21(42-22-9-20(10-22)33(3,40)15-37)5-17(2)31(16)25-7-19(27(34)12-28(25)35)14-41-29-8-18-6-23-24(11-30(38)39)32(23)26(18)13-36-29/h4-5,7-8,12-13,20,22-24,32,37,40H,6,9-11,14-15H2,1-3H3,(H,38,39)/t20?,22?,23-,24-,32-,33+/m0/s1. The molecule has 0 saturated heterocycles. The number of hydrogen-bond donors (Lipinski definition) is 3. The van der Waals surface area contributed by atoms with E-state index in [-0.39, 0.29) is 54.6 Å². The Balaban J connectivity index is 1.14. The van der Waals surface area contributed by atoms with Crippen molar-refractivity contribution < 1.29 is 38.4 Å². The first kappa shape index (κ1) is 28.6. The van der Waals surface area contributed by atoms with Crippen molar-refractivity contribution >= 4 is 5.97 Å². The molecule has 9 heteroatoms. The van der Waals surface area contributed by atoms with Crippen molar-refractivity contribution in [2.24, 2.45) is 17.8 Å². The molecule has 1 heterocycles. The van der Waals surface area contributed by atoms with E-state index < -0.39 is 23.2 Å². The maximum Gasteiger partial charge on any atom is 0.303 e. The second kappa shape index (κ2) is 10.6. The average molecular weight is 580 g/mol. The number of benzene rings is 2. The number of carboxylic acid groups (broad SMARTS) is 1. The van der Waals surface area contributed by atoms with E-state index in [0.29, 0.717) is 36.0 Å². The van der Waals surface area contributed by atoms with Gasteiger partial charge < -0.3 is 24.8 Å². The third-order valence-electron chi connectivity index (χ3n) is 9.44. The second-order valence-electron chi connectivity index (χ2n) is 12.4. The lowest BCUT2D eigenvalue weighted by atomic mass is 9.72. The number of hydrogen-bond acceptors (Lipinski definition) is 6. The van der Waals surface area contributed by atoms with Gasteiger partial charge in [0.15, 0.2) is 0 Å². The second-order valence-corrected chi connectivity index (χ2v) is 12.4. The van der Waals surface area contributed by atoms with E-state index in [1.165, 1.54) is 6.07 Å². The summed E-state index contributed by atoms with van der Waals surface area (Å²) in [5.41, 5.74) is 3.71. The molecule has 4 atom stereocenters. The summed E-state index contributed by atoms with van der Waals surface area (Å²) >= 11 is 0. The summed E-state index contributed by atoms with van der Waals surface area (Å²) in [6.45, 7) is 4.91. The van der Waals surface area contributed by atoms with Gasteiger partial charge in [-0.3, -0.25) is 4.79 Å². The summed E-state index contributed by atoms with van der Waals surface area (Å²) in [6, 6.07) is 7.86. The topological polar surface area (TPSA) is 109 Å². The van der Waals surface area contributed by atoms with Gasteiger partial charge in [-0.1, -0.05) is 0 Å². The van der Waals surface area contributed by atoms with Crippen molar-refractivity contribution in [1.29, 1.82) is 0 Å². The number of aryl methyl sites for hydroxylation is 2. The summed E-state index contributed by atoms with van der Waals surface area (Å²) in [4.78, 5) is 15.4. The SMILES string of the molecule is Cc1cc(OC2CC([C@](C)(O)CO)C2)cc(C)c1-c1cc(COc2cc3c(cn2)[C@@H]2[C@@H](CC(=O)O)[C@@H]2C3)c(F)cc1F. The van der Waals surface area contributed by atoms with Crippen LogP contribution in [0.1, 0.15) is 59.9 Å². The molecule has 3 aliphatic rings. The number of aromatic nitrogens is 1. The predicted molar refractivity (Wildman–Crippen MR) is 150 cm³/mol. The molecule has 2 aromatic carbocycles.